The lowest BCUT2D eigenvalue weighted by molar-refractivity contribution is 0.0475. The number of carbonyl (C=O) groups is 3. The SMILES string of the molecule is Cc1ccc(C(=O)Nc2ccccc2C(=O)OCC(=O)c2ccc(Br)cc2)cc1. The average molecular weight is 452 g/mol. The van der Waals surface area contributed by atoms with Gasteiger partial charge in [-0.2, -0.15) is 0 Å². The number of ketones is 1. The van der Waals surface area contributed by atoms with E-state index in [1.54, 1.807) is 54.6 Å². The maximum Gasteiger partial charge on any atom is 0.340 e. The van der Waals surface area contributed by atoms with Gasteiger partial charge in [0.05, 0.1) is 11.3 Å². The molecule has 0 aliphatic carbocycles. The van der Waals surface area contributed by atoms with Gasteiger partial charge in [0.15, 0.2) is 12.4 Å². The highest BCUT2D eigenvalue weighted by molar-refractivity contribution is 9.10. The molecular formula is C23H18BrNO4. The van der Waals surface area contributed by atoms with Crippen LogP contribution >= 0.6 is 15.9 Å². The number of carbonyl (C=O) groups excluding carboxylic acids is 3. The van der Waals surface area contributed by atoms with E-state index in [1.165, 1.54) is 6.07 Å². The lowest BCUT2D eigenvalue weighted by Gasteiger charge is -2.11. The van der Waals surface area contributed by atoms with Crippen molar-refractivity contribution >= 4 is 39.3 Å². The van der Waals surface area contributed by atoms with Crippen molar-refractivity contribution in [3.63, 3.8) is 0 Å². The van der Waals surface area contributed by atoms with Crippen molar-refractivity contribution in [1.82, 2.24) is 0 Å². The Hall–Kier alpha value is -3.25. The fourth-order valence-corrected chi connectivity index (χ4v) is 2.86. The molecule has 3 aromatic rings. The molecule has 5 nitrogen and oxygen atoms in total. The number of anilines is 1. The summed E-state index contributed by atoms with van der Waals surface area (Å²) in [7, 11) is 0. The van der Waals surface area contributed by atoms with E-state index in [2.05, 4.69) is 21.2 Å². The Labute approximate surface area is 176 Å². The predicted molar refractivity (Wildman–Crippen MR) is 114 cm³/mol. The summed E-state index contributed by atoms with van der Waals surface area (Å²) in [4.78, 5) is 37.1. The van der Waals surface area contributed by atoms with Crippen molar-refractivity contribution < 1.29 is 19.1 Å². The number of hydrogen-bond acceptors (Lipinski definition) is 4. The van der Waals surface area contributed by atoms with Crippen LogP contribution in [0.1, 0.15) is 36.6 Å². The van der Waals surface area contributed by atoms with Crippen LogP contribution in [-0.4, -0.2) is 24.3 Å². The van der Waals surface area contributed by atoms with E-state index in [-0.39, 0.29) is 23.9 Å². The second-order valence-corrected chi connectivity index (χ2v) is 7.29. The summed E-state index contributed by atoms with van der Waals surface area (Å²) in [6, 6.07) is 20.4. The minimum absolute atomic E-state index is 0.177. The summed E-state index contributed by atoms with van der Waals surface area (Å²) in [5.41, 5.74) is 2.46. The Balaban J connectivity index is 1.68. The van der Waals surface area contributed by atoms with Crippen molar-refractivity contribution in [2.75, 3.05) is 11.9 Å². The third-order valence-corrected chi connectivity index (χ3v) is 4.74. The summed E-state index contributed by atoms with van der Waals surface area (Å²) in [5, 5.41) is 2.72. The van der Waals surface area contributed by atoms with Crippen LogP contribution in [0.2, 0.25) is 0 Å². The lowest BCUT2D eigenvalue weighted by atomic mass is 10.1. The Morgan fingerprint density at radius 2 is 1.48 bits per heavy atom. The molecule has 6 heteroatoms. The normalized spacial score (nSPS) is 10.3. The Morgan fingerprint density at radius 1 is 0.862 bits per heavy atom. The molecule has 0 aliphatic heterocycles. The van der Waals surface area contributed by atoms with Gasteiger partial charge in [-0.05, 0) is 43.3 Å². The molecule has 0 radical (unpaired) electrons. The molecule has 0 fully saturated rings. The van der Waals surface area contributed by atoms with Gasteiger partial charge in [-0.15, -0.1) is 0 Å². The highest BCUT2D eigenvalue weighted by Crippen LogP contribution is 2.18. The topological polar surface area (TPSA) is 72.5 Å². The number of aryl methyl sites for hydroxylation is 1. The second-order valence-electron chi connectivity index (χ2n) is 6.37. The smallest absolute Gasteiger partial charge is 0.340 e. The van der Waals surface area contributed by atoms with E-state index in [1.807, 2.05) is 19.1 Å². The fourth-order valence-electron chi connectivity index (χ4n) is 2.60. The molecule has 0 aliphatic rings. The van der Waals surface area contributed by atoms with Crippen LogP contribution in [0.15, 0.2) is 77.3 Å². The third kappa shape index (κ3) is 5.39. The van der Waals surface area contributed by atoms with Crippen molar-refractivity contribution in [3.8, 4) is 0 Å². The van der Waals surface area contributed by atoms with Crippen LogP contribution in [0.4, 0.5) is 5.69 Å². The molecule has 0 heterocycles. The van der Waals surface area contributed by atoms with Crippen molar-refractivity contribution in [2.45, 2.75) is 6.92 Å². The van der Waals surface area contributed by atoms with Gasteiger partial charge in [-0.25, -0.2) is 4.79 Å². The molecule has 146 valence electrons. The zero-order valence-corrected chi connectivity index (χ0v) is 17.2. The Morgan fingerprint density at radius 3 is 2.17 bits per heavy atom. The number of para-hydroxylation sites is 1. The van der Waals surface area contributed by atoms with E-state index in [0.29, 0.717) is 16.8 Å². The average Bonchev–Trinajstić information content (AvgIpc) is 2.73. The highest BCUT2D eigenvalue weighted by Gasteiger charge is 2.17. The number of halogens is 1. The summed E-state index contributed by atoms with van der Waals surface area (Å²) >= 11 is 3.30. The molecule has 0 bridgehead atoms. The van der Waals surface area contributed by atoms with Gasteiger partial charge >= 0.3 is 5.97 Å². The molecule has 0 spiro atoms. The van der Waals surface area contributed by atoms with E-state index < -0.39 is 5.97 Å². The number of benzene rings is 3. The maximum absolute atomic E-state index is 12.5. The summed E-state index contributed by atoms with van der Waals surface area (Å²) in [6.45, 7) is 1.54. The molecule has 1 amide bonds. The molecule has 0 saturated heterocycles. The van der Waals surface area contributed by atoms with Crippen LogP contribution in [0.3, 0.4) is 0 Å². The minimum Gasteiger partial charge on any atom is -0.454 e. The van der Waals surface area contributed by atoms with Gasteiger partial charge in [0, 0.05) is 15.6 Å². The lowest BCUT2D eigenvalue weighted by Crippen LogP contribution is -2.18. The Kier molecular flexibility index (Phi) is 6.57. The van der Waals surface area contributed by atoms with Gasteiger partial charge in [0.25, 0.3) is 5.91 Å². The first kappa shape index (κ1) is 20.5. The van der Waals surface area contributed by atoms with Crippen LogP contribution in [0.5, 0.6) is 0 Å². The predicted octanol–water partition coefficient (Wildman–Crippen LogP) is 5.05. The van der Waals surface area contributed by atoms with E-state index in [4.69, 9.17) is 4.74 Å². The Bertz CT molecular complexity index is 1040. The van der Waals surface area contributed by atoms with Gasteiger partial charge in [-0.1, -0.05) is 57.9 Å². The number of ether oxygens (including phenoxy) is 1. The number of nitrogens with one attached hydrogen (secondary N) is 1. The van der Waals surface area contributed by atoms with Gasteiger partial charge < -0.3 is 10.1 Å². The van der Waals surface area contributed by atoms with Gasteiger partial charge in [0.2, 0.25) is 0 Å². The first-order valence-corrected chi connectivity index (χ1v) is 9.66. The standard InChI is InChI=1S/C23H18BrNO4/c1-15-6-8-17(9-7-15)22(27)25-20-5-3-2-4-19(20)23(28)29-14-21(26)16-10-12-18(24)13-11-16/h2-13H,14H2,1H3,(H,25,27). The molecular weight excluding hydrogens is 434 g/mol. The molecule has 1 N–H and O–H groups in total. The van der Waals surface area contributed by atoms with E-state index in [9.17, 15) is 14.4 Å². The quantitative estimate of drug-likeness (QED) is 0.420. The molecule has 0 atom stereocenters. The van der Waals surface area contributed by atoms with Crippen LogP contribution in [0.25, 0.3) is 0 Å². The number of Topliss-reactive ketones (excluding diaryl/α,β-unsaturated/α-hetero) is 1. The fraction of sp³-hybridized carbons (Fsp3) is 0.0870. The van der Waals surface area contributed by atoms with Crippen molar-refractivity contribution in [1.29, 1.82) is 0 Å². The van der Waals surface area contributed by atoms with E-state index >= 15 is 0 Å². The summed E-state index contributed by atoms with van der Waals surface area (Å²) < 4.78 is 6.02. The number of amides is 1. The number of rotatable bonds is 6. The third-order valence-electron chi connectivity index (χ3n) is 4.21. The molecule has 0 saturated carbocycles. The van der Waals surface area contributed by atoms with Gasteiger partial charge in [-0.3, -0.25) is 9.59 Å². The molecule has 3 rings (SSSR count). The molecule has 29 heavy (non-hydrogen) atoms. The molecule has 3 aromatic carbocycles. The first-order valence-electron chi connectivity index (χ1n) is 8.87. The number of hydrogen-bond donors (Lipinski definition) is 1. The first-order chi connectivity index (χ1) is 13.9. The second kappa shape index (κ2) is 9.30. The zero-order chi connectivity index (χ0) is 20.8. The summed E-state index contributed by atoms with van der Waals surface area (Å²) in [6.07, 6.45) is 0. The van der Waals surface area contributed by atoms with Crippen molar-refractivity contribution in [2.24, 2.45) is 0 Å². The monoisotopic (exact) mass is 451 g/mol. The van der Waals surface area contributed by atoms with Crippen molar-refractivity contribution in [3.05, 3.63) is 99.5 Å². The van der Waals surface area contributed by atoms with Crippen LogP contribution in [-0.2, 0) is 4.74 Å². The van der Waals surface area contributed by atoms with E-state index in [0.717, 1.165) is 10.0 Å². The molecule has 0 aromatic heterocycles. The minimum atomic E-state index is -0.685. The maximum atomic E-state index is 12.5. The largest absolute Gasteiger partial charge is 0.454 e. The summed E-state index contributed by atoms with van der Waals surface area (Å²) in [5.74, 6) is -1.33. The van der Waals surface area contributed by atoms with Gasteiger partial charge in [0.1, 0.15) is 0 Å². The van der Waals surface area contributed by atoms with Crippen LogP contribution < -0.4 is 5.32 Å². The highest BCUT2D eigenvalue weighted by atomic mass is 79.9. The zero-order valence-electron chi connectivity index (χ0n) is 15.6. The number of esters is 1. The van der Waals surface area contributed by atoms with Crippen LogP contribution in [0, 0.1) is 6.92 Å². The molecule has 0 unspecified atom stereocenters.